The van der Waals surface area contributed by atoms with Gasteiger partial charge < -0.3 is 0 Å². The van der Waals surface area contributed by atoms with E-state index in [4.69, 9.17) is 0 Å². The first-order chi connectivity index (χ1) is 13.3. The molecule has 5 nitrogen and oxygen atoms in total. The molecule has 4 rings (SSSR count). The van der Waals surface area contributed by atoms with Crippen LogP contribution in [0.4, 0.5) is 14.5 Å². The molecule has 8 heteroatoms. The summed E-state index contributed by atoms with van der Waals surface area (Å²) in [5.74, 6) is -1.42. The van der Waals surface area contributed by atoms with Crippen LogP contribution in [-0.4, -0.2) is 18.2 Å². The van der Waals surface area contributed by atoms with Gasteiger partial charge in [-0.3, -0.25) is 4.72 Å². The Hall–Kier alpha value is -3.26. The molecule has 0 radical (unpaired) electrons. The molecule has 0 unspecified atom stereocenters. The third-order valence-electron chi connectivity index (χ3n) is 4.29. The normalized spacial score (nSPS) is 11.7. The molecular formula is C20H15F2N3O2S. The van der Waals surface area contributed by atoms with Crippen LogP contribution in [0.25, 0.3) is 16.6 Å². The van der Waals surface area contributed by atoms with E-state index in [9.17, 15) is 17.2 Å². The van der Waals surface area contributed by atoms with Gasteiger partial charge in [-0.15, -0.1) is 0 Å². The van der Waals surface area contributed by atoms with Gasteiger partial charge in [-0.05, 0) is 49.4 Å². The number of sulfonamides is 1. The van der Waals surface area contributed by atoms with Crippen molar-refractivity contribution in [3.05, 3.63) is 84.1 Å². The highest BCUT2D eigenvalue weighted by Crippen LogP contribution is 2.25. The number of aryl methyl sites for hydroxylation is 1. The lowest BCUT2D eigenvalue weighted by atomic mass is 10.2. The zero-order valence-corrected chi connectivity index (χ0v) is 15.5. The molecule has 0 fully saturated rings. The minimum Gasteiger partial charge on any atom is -0.280 e. The monoisotopic (exact) mass is 399 g/mol. The fraction of sp³-hybridized carbons (Fsp3) is 0.0500. The van der Waals surface area contributed by atoms with Crippen LogP contribution in [0.2, 0.25) is 0 Å². The van der Waals surface area contributed by atoms with Gasteiger partial charge >= 0.3 is 0 Å². The summed E-state index contributed by atoms with van der Waals surface area (Å²) in [5.41, 5.74) is 1.97. The van der Waals surface area contributed by atoms with Crippen molar-refractivity contribution in [2.45, 2.75) is 11.8 Å². The van der Waals surface area contributed by atoms with E-state index in [1.807, 2.05) is 6.92 Å². The largest absolute Gasteiger partial charge is 0.280 e. The van der Waals surface area contributed by atoms with Crippen LogP contribution in [0.5, 0.6) is 0 Å². The number of halogens is 2. The van der Waals surface area contributed by atoms with Crippen molar-refractivity contribution in [3.8, 4) is 5.69 Å². The lowest BCUT2D eigenvalue weighted by Gasteiger charge is -2.09. The average molecular weight is 399 g/mol. The van der Waals surface area contributed by atoms with Crippen molar-refractivity contribution in [1.29, 1.82) is 0 Å². The van der Waals surface area contributed by atoms with Crippen LogP contribution >= 0.6 is 0 Å². The Morgan fingerprint density at radius 3 is 2.43 bits per heavy atom. The predicted molar refractivity (Wildman–Crippen MR) is 103 cm³/mol. The quantitative estimate of drug-likeness (QED) is 0.553. The zero-order chi connectivity index (χ0) is 19.9. The van der Waals surface area contributed by atoms with Gasteiger partial charge in [0.15, 0.2) is 5.82 Å². The first-order valence-corrected chi connectivity index (χ1v) is 9.84. The summed E-state index contributed by atoms with van der Waals surface area (Å²) in [4.78, 5) is 0.155. The molecule has 0 amide bonds. The first kappa shape index (κ1) is 18.1. The summed E-state index contributed by atoms with van der Waals surface area (Å²) in [6.45, 7) is 1.87. The maximum absolute atomic E-state index is 14.1. The number of hydrogen-bond donors (Lipinski definition) is 1. The van der Waals surface area contributed by atoms with E-state index in [0.29, 0.717) is 16.6 Å². The summed E-state index contributed by atoms with van der Waals surface area (Å²) in [6.07, 6.45) is 1.49. The minimum absolute atomic E-state index is 0.101. The highest BCUT2D eigenvalue weighted by Gasteiger charge is 2.15. The van der Waals surface area contributed by atoms with Crippen LogP contribution in [0.3, 0.4) is 0 Å². The fourth-order valence-electron chi connectivity index (χ4n) is 2.87. The molecule has 0 aliphatic heterocycles. The fourth-order valence-corrected chi connectivity index (χ4v) is 3.92. The molecule has 0 spiro atoms. The lowest BCUT2D eigenvalue weighted by Crippen LogP contribution is -2.12. The number of fused-ring (bicyclic) bond motifs is 1. The Morgan fingerprint density at radius 2 is 1.71 bits per heavy atom. The van der Waals surface area contributed by atoms with Gasteiger partial charge in [-0.25, -0.2) is 21.9 Å². The molecule has 1 heterocycles. The zero-order valence-electron chi connectivity index (χ0n) is 14.7. The van der Waals surface area contributed by atoms with Crippen LogP contribution in [0, 0.1) is 18.6 Å². The smallest absolute Gasteiger partial charge is 0.261 e. The molecule has 0 atom stereocenters. The number of benzene rings is 3. The molecule has 28 heavy (non-hydrogen) atoms. The highest BCUT2D eigenvalue weighted by atomic mass is 32.2. The molecule has 0 aliphatic carbocycles. The minimum atomic E-state index is -3.73. The summed E-state index contributed by atoms with van der Waals surface area (Å²) in [5, 5.41) is 4.74. The molecule has 1 N–H and O–H groups in total. The van der Waals surface area contributed by atoms with E-state index in [1.54, 1.807) is 30.3 Å². The SMILES string of the molecule is Cc1ccc(S(=O)(=O)Nc2ccc3c(cnn3-c3ccc(F)cc3F)c2)cc1. The molecule has 0 saturated carbocycles. The van der Waals surface area contributed by atoms with Crippen molar-refractivity contribution in [2.24, 2.45) is 0 Å². The molecule has 0 saturated heterocycles. The maximum Gasteiger partial charge on any atom is 0.261 e. The second-order valence-corrected chi connectivity index (χ2v) is 8.03. The average Bonchev–Trinajstić information content (AvgIpc) is 3.05. The first-order valence-electron chi connectivity index (χ1n) is 8.36. The van der Waals surface area contributed by atoms with Crippen molar-refractivity contribution >= 4 is 26.6 Å². The number of nitrogens with one attached hydrogen (secondary N) is 1. The van der Waals surface area contributed by atoms with E-state index < -0.39 is 21.7 Å². The third-order valence-corrected chi connectivity index (χ3v) is 5.69. The molecule has 3 aromatic carbocycles. The van der Waals surface area contributed by atoms with Gasteiger partial charge in [0.2, 0.25) is 0 Å². The van der Waals surface area contributed by atoms with Gasteiger partial charge in [0.05, 0.1) is 16.6 Å². The molecule has 142 valence electrons. The van der Waals surface area contributed by atoms with Gasteiger partial charge in [-0.2, -0.15) is 5.10 Å². The second-order valence-electron chi connectivity index (χ2n) is 6.34. The van der Waals surface area contributed by atoms with Gasteiger partial charge in [0.1, 0.15) is 11.5 Å². The van der Waals surface area contributed by atoms with E-state index in [-0.39, 0.29) is 10.6 Å². The van der Waals surface area contributed by atoms with Crippen LogP contribution in [-0.2, 0) is 10.0 Å². The molecule has 0 aliphatic rings. The van der Waals surface area contributed by atoms with Crippen molar-refractivity contribution in [1.82, 2.24) is 9.78 Å². The van der Waals surface area contributed by atoms with E-state index in [0.717, 1.165) is 17.7 Å². The Morgan fingerprint density at radius 1 is 0.964 bits per heavy atom. The number of aromatic nitrogens is 2. The Bertz CT molecular complexity index is 1280. The predicted octanol–water partition coefficient (Wildman–Crippen LogP) is 4.41. The second kappa shape index (κ2) is 6.72. The third kappa shape index (κ3) is 3.34. The summed E-state index contributed by atoms with van der Waals surface area (Å²) >= 11 is 0. The Kier molecular flexibility index (Phi) is 4.35. The highest BCUT2D eigenvalue weighted by molar-refractivity contribution is 7.92. The van der Waals surface area contributed by atoms with Crippen molar-refractivity contribution in [3.63, 3.8) is 0 Å². The standard InChI is InChI=1S/C20H15F2N3O2S/c1-13-2-6-17(7-3-13)28(26,27)24-16-5-9-19-14(10-16)12-23-25(19)20-8-4-15(21)11-18(20)22/h2-12,24H,1H3. The van der Waals surface area contributed by atoms with Gasteiger partial charge in [0.25, 0.3) is 10.0 Å². The Balaban J connectivity index is 1.69. The number of hydrogen-bond acceptors (Lipinski definition) is 3. The van der Waals surface area contributed by atoms with Crippen LogP contribution in [0.15, 0.2) is 71.8 Å². The summed E-state index contributed by atoms with van der Waals surface area (Å²) in [7, 11) is -3.73. The molecule has 4 aromatic rings. The number of rotatable bonds is 4. The van der Waals surface area contributed by atoms with Crippen LogP contribution < -0.4 is 4.72 Å². The topological polar surface area (TPSA) is 64.0 Å². The van der Waals surface area contributed by atoms with Crippen molar-refractivity contribution < 1.29 is 17.2 Å². The Labute approximate surface area is 160 Å². The number of anilines is 1. The maximum atomic E-state index is 14.1. The molecule has 0 bridgehead atoms. The summed E-state index contributed by atoms with van der Waals surface area (Å²) < 4.78 is 56.1. The van der Waals surface area contributed by atoms with E-state index >= 15 is 0 Å². The van der Waals surface area contributed by atoms with Crippen molar-refractivity contribution in [2.75, 3.05) is 4.72 Å². The molecular weight excluding hydrogens is 384 g/mol. The van der Waals surface area contributed by atoms with Gasteiger partial charge in [0, 0.05) is 17.1 Å². The van der Waals surface area contributed by atoms with Crippen LogP contribution in [0.1, 0.15) is 5.56 Å². The number of nitrogens with zero attached hydrogens (tertiary/aromatic N) is 2. The summed E-state index contributed by atoms with van der Waals surface area (Å²) in [6, 6.07) is 14.5. The lowest BCUT2D eigenvalue weighted by molar-refractivity contribution is 0.575. The van der Waals surface area contributed by atoms with E-state index in [2.05, 4.69) is 9.82 Å². The van der Waals surface area contributed by atoms with Gasteiger partial charge in [-0.1, -0.05) is 17.7 Å². The molecule has 1 aromatic heterocycles. The van der Waals surface area contributed by atoms with E-state index in [1.165, 1.54) is 29.1 Å².